The van der Waals surface area contributed by atoms with E-state index >= 15 is 0 Å². The zero-order chi connectivity index (χ0) is 15.1. The quantitative estimate of drug-likeness (QED) is 0.609. The molecule has 5 heteroatoms. The van der Waals surface area contributed by atoms with E-state index in [1.54, 1.807) is 12.1 Å². The van der Waals surface area contributed by atoms with Gasteiger partial charge in [-0.1, -0.05) is 6.92 Å². The van der Waals surface area contributed by atoms with Crippen LogP contribution in [0.4, 0.5) is 11.4 Å². The zero-order valence-electron chi connectivity index (χ0n) is 12.8. The molecule has 0 saturated heterocycles. The van der Waals surface area contributed by atoms with Crippen LogP contribution in [0.3, 0.4) is 0 Å². The number of anilines is 2. The summed E-state index contributed by atoms with van der Waals surface area (Å²) in [5.41, 5.74) is 8.18. The van der Waals surface area contributed by atoms with E-state index in [1.807, 2.05) is 20.2 Å². The number of esters is 1. The average molecular weight is 279 g/mol. The third-order valence-corrected chi connectivity index (χ3v) is 3.10. The highest BCUT2D eigenvalue weighted by Crippen LogP contribution is 2.25. The van der Waals surface area contributed by atoms with E-state index in [4.69, 9.17) is 10.5 Å². The van der Waals surface area contributed by atoms with E-state index in [0.29, 0.717) is 11.3 Å². The van der Waals surface area contributed by atoms with Crippen LogP contribution in [0.2, 0.25) is 0 Å². The minimum absolute atomic E-state index is 0.338. The van der Waals surface area contributed by atoms with Crippen LogP contribution in [0.1, 0.15) is 23.7 Å². The second kappa shape index (κ2) is 7.75. The maximum Gasteiger partial charge on any atom is 0.337 e. The van der Waals surface area contributed by atoms with Gasteiger partial charge < -0.3 is 20.3 Å². The first-order valence-corrected chi connectivity index (χ1v) is 6.87. The van der Waals surface area contributed by atoms with Gasteiger partial charge in [0.15, 0.2) is 0 Å². The Morgan fingerprint density at radius 1 is 1.25 bits per heavy atom. The van der Waals surface area contributed by atoms with Crippen LogP contribution < -0.4 is 10.6 Å². The number of carbonyl (C=O) groups excluding carboxylic acids is 1. The van der Waals surface area contributed by atoms with Crippen molar-refractivity contribution in [3.63, 3.8) is 0 Å². The minimum Gasteiger partial charge on any atom is -0.465 e. The van der Waals surface area contributed by atoms with E-state index in [0.717, 1.165) is 31.7 Å². The molecule has 0 saturated carbocycles. The molecule has 0 fully saturated rings. The van der Waals surface area contributed by atoms with Gasteiger partial charge in [0, 0.05) is 19.6 Å². The van der Waals surface area contributed by atoms with Crippen molar-refractivity contribution in [2.45, 2.75) is 13.3 Å². The fourth-order valence-corrected chi connectivity index (χ4v) is 2.01. The number of nitrogens with zero attached hydrogens (tertiary/aromatic N) is 2. The van der Waals surface area contributed by atoms with Gasteiger partial charge in [-0.25, -0.2) is 4.79 Å². The Kier molecular flexibility index (Phi) is 6.31. The molecule has 1 aromatic rings. The number of likely N-dealkylation sites (N-methyl/N-ethyl adjacent to an activating group) is 1. The van der Waals surface area contributed by atoms with Crippen molar-refractivity contribution in [3.05, 3.63) is 23.8 Å². The molecular weight excluding hydrogens is 254 g/mol. The number of methoxy groups -OCH3 is 1. The molecule has 0 atom stereocenters. The van der Waals surface area contributed by atoms with Crippen LogP contribution in [0.5, 0.6) is 0 Å². The highest BCUT2D eigenvalue weighted by atomic mass is 16.5. The predicted molar refractivity (Wildman–Crippen MR) is 83.3 cm³/mol. The van der Waals surface area contributed by atoms with Gasteiger partial charge >= 0.3 is 5.97 Å². The Hall–Kier alpha value is -1.75. The lowest BCUT2D eigenvalue weighted by atomic mass is 10.1. The van der Waals surface area contributed by atoms with Crippen molar-refractivity contribution in [3.8, 4) is 0 Å². The average Bonchev–Trinajstić information content (AvgIpc) is 2.43. The predicted octanol–water partition coefficient (Wildman–Crippen LogP) is 1.83. The Morgan fingerprint density at radius 3 is 2.50 bits per heavy atom. The van der Waals surface area contributed by atoms with Crippen molar-refractivity contribution in [1.82, 2.24) is 4.90 Å². The van der Waals surface area contributed by atoms with E-state index in [-0.39, 0.29) is 5.97 Å². The van der Waals surface area contributed by atoms with E-state index in [2.05, 4.69) is 16.7 Å². The van der Waals surface area contributed by atoms with E-state index in [9.17, 15) is 4.79 Å². The highest BCUT2D eigenvalue weighted by molar-refractivity contribution is 5.92. The van der Waals surface area contributed by atoms with Gasteiger partial charge in [-0.2, -0.15) is 0 Å². The minimum atomic E-state index is -0.338. The molecule has 0 radical (unpaired) electrons. The van der Waals surface area contributed by atoms with Crippen LogP contribution in [-0.2, 0) is 4.74 Å². The summed E-state index contributed by atoms with van der Waals surface area (Å²) in [7, 11) is 5.46. The third-order valence-electron chi connectivity index (χ3n) is 3.10. The molecule has 20 heavy (non-hydrogen) atoms. The molecular formula is C15H25N3O2. The lowest BCUT2D eigenvalue weighted by Gasteiger charge is -2.27. The second-order valence-corrected chi connectivity index (χ2v) is 5.06. The van der Waals surface area contributed by atoms with Crippen LogP contribution in [-0.4, -0.2) is 51.7 Å². The molecule has 0 amide bonds. The monoisotopic (exact) mass is 279 g/mol. The molecule has 0 spiro atoms. The highest BCUT2D eigenvalue weighted by Gasteiger charge is 2.13. The molecule has 0 aliphatic rings. The maximum atomic E-state index is 11.6. The molecule has 2 N–H and O–H groups in total. The normalized spacial score (nSPS) is 10.7. The van der Waals surface area contributed by atoms with Crippen LogP contribution >= 0.6 is 0 Å². The van der Waals surface area contributed by atoms with Gasteiger partial charge in [0.2, 0.25) is 0 Å². The second-order valence-electron chi connectivity index (χ2n) is 5.06. The van der Waals surface area contributed by atoms with Crippen molar-refractivity contribution < 1.29 is 9.53 Å². The summed E-state index contributed by atoms with van der Waals surface area (Å²) in [4.78, 5) is 16.0. The summed E-state index contributed by atoms with van der Waals surface area (Å²) < 4.78 is 4.76. The number of ether oxygens (including phenoxy) is 1. The number of nitrogens with two attached hydrogens (primary N) is 1. The maximum absolute atomic E-state index is 11.6. The van der Waals surface area contributed by atoms with Gasteiger partial charge in [-0.3, -0.25) is 0 Å². The molecule has 0 aromatic heterocycles. The zero-order valence-corrected chi connectivity index (χ0v) is 12.8. The molecule has 0 unspecified atom stereocenters. The van der Waals surface area contributed by atoms with Crippen molar-refractivity contribution in [2.24, 2.45) is 0 Å². The summed E-state index contributed by atoms with van der Waals surface area (Å²) in [5.74, 6) is -0.338. The summed E-state index contributed by atoms with van der Waals surface area (Å²) in [5, 5.41) is 0. The molecule has 5 nitrogen and oxygen atoms in total. The first-order chi connectivity index (χ1) is 9.49. The molecule has 1 rings (SSSR count). The summed E-state index contributed by atoms with van der Waals surface area (Å²) in [6.45, 7) is 4.84. The SMILES string of the molecule is CCCN(CCN(C)C)c1cc(C(=O)OC)ccc1N. The van der Waals surface area contributed by atoms with Gasteiger partial charge in [0.05, 0.1) is 24.0 Å². The van der Waals surface area contributed by atoms with Gasteiger partial charge in [-0.05, 0) is 38.7 Å². The molecule has 0 aliphatic heterocycles. The smallest absolute Gasteiger partial charge is 0.337 e. The molecule has 0 aliphatic carbocycles. The summed E-state index contributed by atoms with van der Waals surface area (Å²) in [6.07, 6.45) is 1.02. The lowest BCUT2D eigenvalue weighted by Crippen LogP contribution is -2.33. The first-order valence-electron chi connectivity index (χ1n) is 6.87. The van der Waals surface area contributed by atoms with E-state index in [1.165, 1.54) is 7.11 Å². The van der Waals surface area contributed by atoms with Crippen molar-refractivity contribution >= 4 is 17.3 Å². The largest absolute Gasteiger partial charge is 0.465 e. The molecule has 112 valence electrons. The Morgan fingerprint density at radius 2 is 1.95 bits per heavy atom. The fourth-order valence-electron chi connectivity index (χ4n) is 2.01. The van der Waals surface area contributed by atoms with E-state index < -0.39 is 0 Å². The van der Waals surface area contributed by atoms with Crippen molar-refractivity contribution in [2.75, 3.05) is 51.5 Å². The lowest BCUT2D eigenvalue weighted by molar-refractivity contribution is 0.0601. The molecule has 0 heterocycles. The number of hydrogen-bond donors (Lipinski definition) is 1. The topological polar surface area (TPSA) is 58.8 Å². The number of nitrogen functional groups attached to an aromatic ring is 1. The fraction of sp³-hybridized carbons (Fsp3) is 0.533. The standard InChI is InChI=1S/C15H25N3O2/c1-5-8-18(10-9-17(2)3)14-11-12(15(19)20-4)6-7-13(14)16/h6-7,11H,5,8-10,16H2,1-4H3. The number of hydrogen-bond acceptors (Lipinski definition) is 5. The third kappa shape index (κ3) is 4.42. The van der Waals surface area contributed by atoms with Gasteiger partial charge in [-0.15, -0.1) is 0 Å². The number of rotatable bonds is 7. The van der Waals surface area contributed by atoms with Crippen molar-refractivity contribution in [1.29, 1.82) is 0 Å². The summed E-state index contributed by atoms with van der Waals surface area (Å²) in [6, 6.07) is 5.27. The van der Waals surface area contributed by atoms with Crippen LogP contribution in [0, 0.1) is 0 Å². The van der Waals surface area contributed by atoms with Gasteiger partial charge in [0.25, 0.3) is 0 Å². The molecule has 0 bridgehead atoms. The van der Waals surface area contributed by atoms with Crippen LogP contribution in [0.15, 0.2) is 18.2 Å². The summed E-state index contributed by atoms with van der Waals surface area (Å²) >= 11 is 0. The Balaban J connectivity index is 3.01. The Labute approximate surface area is 121 Å². The number of benzene rings is 1. The number of carbonyl (C=O) groups is 1. The molecule has 1 aromatic carbocycles. The van der Waals surface area contributed by atoms with Crippen LogP contribution in [0.25, 0.3) is 0 Å². The Bertz CT molecular complexity index is 447. The first kappa shape index (κ1) is 16.3. The van der Waals surface area contributed by atoms with Gasteiger partial charge in [0.1, 0.15) is 0 Å².